The molecule has 0 bridgehead atoms. The van der Waals surface area contributed by atoms with Crippen molar-refractivity contribution in [3.63, 3.8) is 0 Å². The first-order valence-corrected chi connectivity index (χ1v) is 4.92. The molecular formula is C7H12N2OS. The Hall–Kier alpha value is -0.510. The van der Waals surface area contributed by atoms with E-state index >= 15 is 0 Å². The second-order valence-corrected chi connectivity index (χ2v) is 3.43. The number of aryl methyl sites for hydroxylation is 1. The van der Waals surface area contributed by atoms with Crippen LogP contribution in [0.1, 0.15) is 24.6 Å². The van der Waals surface area contributed by atoms with E-state index in [4.69, 9.17) is 4.42 Å². The number of nitrogens with zero attached hydrogens (tertiary/aromatic N) is 2. The van der Waals surface area contributed by atoms with Crippen LogP contribution in [0, 0.1) is 6.92 Å². The molecule has 1 rings (SSSR count). The van der Waals surface area contributed by atoms with Crippen molar-refractivity contribution >= 4 is 11.8 Å². The van der Waals surface area contributed by atoms with E-state index in [2.05, 4.69) is 23.4 Å². The van der Waals surface area contributed by atoms with Crippen molar-refractivity contribution < 1.29 is 4.42 Å². The molecule has 0 saturated carbocycles. The third kappa shape index (κ3) is 2.22. The zero-order chi connectivity index (χ0) is 8.27. The molecule has 1 atom stereocenters. The summed E-state index contributed by atoms with van der Waals surface area (Å²) in [5, 5.41) is 7.70. The predicted molar refractivity (Wildman–Crippen MR) is 45.8 cm³/mol. The largest absolute Gasteiger partial charge is 0.425 e. The van der Waals surface area contributed by atoms with E-state index in [0.717, 1.165) is 11.6 Å². The molecule has 0 amide bonds. The van der Waals surface area contributed by atoms with Crippen LogP contribution >= 0.6 is 11.8 Å². The van der Waals surface area contributed by atoms with Crippen molar-refractivity contribution in [2.75, 3.05) is 12.0 Å². The van der Waals surface area contributed by atoms with Crippen LogP contribution in [0.2, 0.25) is 0 Å². The first-order chi connectivity index (χ1) is 5.24. The average molecular weight is 172 g/mol. The van der Waals surface area contributed by atoms with Crippen LogP contribution in [0.5, 0.6) is 0 Å². The summed E-state index contributed by atoms with van der Waals surface area (Å²) in [6.45, 7) is 3.89. The Bertz CT molecular complexity index is 224. The van der Waals surface area contributed by atoms with Crippen molar-refractivity contribution in [2.45, 2.75) is 19.8 Å². The molecule has 3 nitrogen and oxygen atoms in total. The van der Waals surface area contributed by atoms with Crippen LogP contribution < -0.4 is 0 Å². The minimum Gasteiger partial charge on any atom is -0.425 e. The second kappa shape index (κ2) is 3.76. The Labute approximate surface area is 70.6 Å². The molecule has 0 aliphatic heterocycles. The van der Waals surface area contributed by atoms with Gasteiger partial charge in [-0.2, -0.15) is 11.8 Å². The van der Waals surface area contributed by atoms with Gasteiger partial charge >= 0.3 is 0 Å². The summed E-state index contributed by atoms with van der Waals surface area (Å²) in [6.07, 6.45) is 2.07. The van der Waals surface area contributed by atoms with E-state index in [1.807, 2.05) is 6.92 Å². The van der Waals surface area contributed by atoms with Gasteiger partial charge in [-0.15, -0.1) is 10.2 Å². The maximum atomic E-state index is 5.26. The van der Waals surface area contributed by atoms with Gasteiger partial charge in [0.2, 0.25) is 11.8 Å². The second-order valence-electron chi connectivity index (χ2n) is 2.52. The Balaban J connectivity index is 2.60. The van der Waals surface area contributed by atoms with Crippen LogP contribution in [-0.2, 0) is 0 Å². The fourth-order valence-corrected chi connectivity index (χ4v) is 1.47. The summed E-state index contributed by atoms with van der Waals surface area (Å²) in [5.74, 6) is 2.79. The monoisotopic (exact) mass is 172 g/mol. The van der Waals surface area contributed by atoms with Crippen LogP contribution in [0.4, 0.5) is 0 Å². The zero-order valence-electron chi connectivity index (χ0n) is 7.00. The lowest BCUT2D eigenvalue weighted by molar-refractivity contribution is 0.449. The van der Waals surface area contributed by atoms with Crippen molar-refractivity contribution in [3.8, 4) is 0 Å². The molecule has 4 heteroatoms. The number of hydrogen-bond donors (Lipinski definition) is 0. The molecule has 1 heterocycles. The van der Waals surface area contributed by atoms with Gasteiger partial charge in [-0.25, -0.2) is 0 Å². The SMILES string of the molecule is CSCC(C)c1nnc(C)o1. The van der Waals surface area contributed by atoms with Crippen LogP contribution in [0.15, 0.2) is 4.42 Å². The van der Waals surface area contributed by atoms with E-state index in [9.17, 15) is 0 Å². The lowest BCUT2D eigenvalue weighted by atomic mass is 10.2. The topological polar surface area (TPSA) is 38.9 Å². The third-order valence-electron chi connectivity index (χ3n) is 1.38. The molecule has 0 N–H and O–H groups in total. The van der Waals surface area contributed by atoms with Crippen LogP contribution in [-0.4, -0.2) is 22.2 Å². The molecule has 1 aromatic heterocycles. The van der Waals surface area contributed by atoms with Gasteiger partial charge in [0.15, 0.2) is 0 Å². The summed E-state index contributed by atoms with van der Waals surface area (Å²) in [4.78, 5) is 0. The Morgan fingerprint density at radius 3 is 2.73 bits per heavy atom. The molecular weight excluding hydrogens is 160 g/mol. The maximum absolute atomic E-state index is 5.26. The van der Waals surface area contributed by atoms with Gasteiger partial charge in [0.05, 0.1) is 0 Å². The van der Waals surface area contributed by atoms with E-state index in [1.54, 1.807) is 11.8 Å². The van der Waals surface area contributed by atoms with E-state index in [1.165, 1.54) is 0 Å². The van der Waals surface area contributed by atoms with Crippen molar-refractivity contribution in [3.05, 3.63) is 11.8 Å². The molecule has 11 heavy (non-hydrogen) atoms. The van der Waals surface area contributed by atoms with Gasteiger partial charge in [0.1, 0.15) is 0 Å². The highest BCUT2D eigenvalue weighted by Crippen LogP contribution is 2.16. The first-order valence-electron chi connectivity index (χ1n) is 3.53. The molecule has 0 radical (unpaired) electrons. The van der Waals surface area contributed by atoms with Gasteiger partial charge in [0.25, 0.3) is 0 Å². The molecule has 62 valence electrons. The van der Waals surface area contributed by atoms with Gasteiger partial charge in [-0.3, -0.25) is 0 Å². The lowest BCUT2D eigenvalue weighted by Gasteiger charge is -2.01. The standard InChI is InChI=1S/C7H12N2OS/c1-5(4-11-3)7-9-8-6(2)10-7/h5H,4H2,1-3H3. The van der Waals surface area contributed by atoms with E-state index in [0.29, 0.717) is 11.8 Å². The molecule has 0 spiro atoms. The normalized spacial score (nSPS) is 13.4. The van der Waals surface area contributed by atoms with Gasteiger partial charge in [-0.1, -0.05) is 6.92 Å². The lowest BCUT2D eigenvalue weighted by Crippen LogP contribution is -1.96. The van der Waals surface area contributed by atoms with E-state index < -0.39 is 0 Å². The molecule has 0 aliphatic carbocycles. The minimum absolute atomic E-state index is 0.367. The minimum atomic E-state index is 0.367. The molecule has 0 aliphatic rings. The van der Waals surface area contributed by atoms with Crippen LogP contribution in [0.25, 0.3) is 0 Å². The number of aromatic nitrogens is 2. The predicted octanol–water partition coefficient (Wildman–Crippen LogP) is 1.84. The number of thioether (sulfide) groups is 1. The summed E-state index contributed by atoms with van der Waals surface area (Å²) in [6, 6.07) is 0. The summed E-state index contributed by atoms with van der Waals surface area (Å²) in [5.41, 5.74) is 0. The first kappa shape index (κ1) is 8.59. The van der Waals surface area contributed by atoms with Crippen molar-refractivity contribution in [1.82, 2.24) is 10.2 Å². The smallest absolute Gasteiger partial charge is 0.220 e. The fourth-order valence-electron chi connectivity index (χ4n) is 0.832. The zero-order valence-corrected chi connectivity index (χ0v) is 7.81. The summed E-state index contributed by atoms with van der Waals surface area (Å²) in [7, 11) is 0. The third-order valence-corrected chi connectivity index (χ3v) is 2.21. The number of hydrogen-bond acceptors (Lipinski definition) is 4. The highest BCUT2D eigenvalue weighted by Gasteiger charge is 2.10. The average Bonchev–Trinajstić information content (AvgIpc) is 2.36. The Kier molecular flexibility index (Phi) is 2.93. The van der Waals surface area contributed by atoms with E-state index in [-0.39, 0.29) is 0 Å². The van der Waals surface area contributed by atoms with Gasteiger partial charge in [0, 0.05) is 18.6 Å². The maximum Gasteiger partial charge on any atom is 0.220 e. The molecule has 0 fully saturated rings. The quantitative estimate of drug-likeness (QED) is 0.697. The van der Waals surface area contributed by atoms with Gasteiger partial charge < -0.3 is 4.42 Å². The number of rotatable bonds is 3. The molecule has 1 aromatic rings. The molecule has 0 saturated heterocycles. The van der Waals surface area contributed by atoms with Crippen molar-refractivity contribution in [1.29, 1.82) is 0 Å². The summed E-state index contributed by atoms with van der Waals surface area (Å²) < 4.78 is 5.26. The Morgan fingerprint density at radius 1 is 1.55 bits per heavy atom. The van der Waals surface area contributed by atoms with Crippen LogP contribution in [0.3, 0.4) is 0 Å². The molecule has 1 unspecified atom stereocenters. The van der Waals surface area contributed by atoms with Crippen molar-refractivity contribution in [2.24, 2.45) is 0 Å². The highest BCUT2D eigenvalue weighted by molar-refractivity contribution is 7.98. The highest BCUT2D eigenvalue weighted by atomic mass is 32.2. The van der Waals surface area contributed by atoms with Gasteiger partial charge in [-0.05, 0) is 6.26 Å². The summed E-state index contributed by atoms with van der Waals surface area (Å²) >= 11 is 1.79. The Morgan fingerprint density at radius 2 is 2.27 bits per heavy atom. The fraction of sp³-hybridized carbons (Fsp3) is 0.714. The molecule has 0 aromatic carbocycles.